The summed E-state index contributed by atoms with van der Waals surface area (Å²) in [6, 6.07) is 4.97. The third-order valence-electron chi connectivity index (χ3n) is 3.88. The molecule has 2 atom stereocenters. The molecule has 2 N–H and O–H groups in total. The number of amides is 1. The van der Waals surface area contributed by atoms with Gasteiger partial charge in [-0.05, 0) is 25.0 Å². The number of hydrogen-bond donors (Lipinski definition) is 2. The van der Waals surface area contributed by atoms with Crippen LogP contribution in [-0.2, 0) is 19.6 Å². The lowest BCUT2D eigenvalue weighted by Crippen LogP contribution is -2.55. The average Bonchev–Trinajstić information content (AvgIpc) is 2.60. The van der Waals surface area contributed by atoms with E-state index in [9.17, 15) is 22.4 Å². The number of nitrogens with one attached hydrogen (secondary N) is 1. The van der Waals surface area contributed by atoms with Crippen LogP contribution in [0.1, 0.15) is 19.3 Å². The average molecular weight is 358 g/mol. The van der Waals surface area contributed by atoms with Crippen molar-refractivity contribution in [1.29, 1.82) is 0 Å². The molecule has 132 valence electrons. The number of carbonyl (C=O) groups excluding carboxylic acids is 1. The maximum atomic E-state index is 12.7. The van der Waals surface area contributed by atoms with Crippen LogP contribution in [0.5, 0.6) is 0 Å². The van der Waals surface area contributed by atoms with Crippen LogP contribution in [0.4, 0.5) is 4.39 Å². The van der Waals surface area contributed by atoms with E-state index in [1.807, 2.05) is 0 Å². The Balaban J connectivity index is 2.25. The Bertz CT molecular complexity index is 695. The third kappa shape index (κ3) is 3.90. The maximum Gasteiger partial charge on any atom is 0.328 e. The summed E-state index contributed by atoms with van der Waals surface area (Å²) >= 11 is 0. The highest BCUT2D eigenvalue weighted by Gasteiger charge is 2.38. The Kier molecular flexibility index (Phi) is 5.89. The summed E-state index contributed by atoms with van der Waals surface area (Å²) in [4.78, 5) is 23.2. The van der Waals surface area contributed by atoms with Crippen LogP contribution in [0.25, 0.3) is 0 Å². The zero-order chi connectivity index (χ0) is 17.7. The number of benzene rings is 1. The molecule has 0 aliphatic carbocycles. The van der Waals surface area contributed by atoms with Gasteiger partial charge in [-0.1, -0.05) is 24.6 Å². The van der Waals surface area contributed by atoms with E-state index < -0.39 is 40.7 Å². The molecule has 1 amide bonds. The van der Waals surface area contributed by atoms with Crippen molar-refractivity contribution in [2.75, 3.05) is 13.2 Å². The minimum Gasteiger partial charge on any atom is -0.480 e. The molecule has 0 spiro atoms. The minimum atomic E-state index is -3.89. The topological polar surface area (TPSA) is 104 Å². The Morgan fingerprint density at radius 3 is 2.54 bits per heavy atom. The highest BCUT2D eigenvalue weighted by molar-refractivity contribution is 7.89. The summed E-state index contributed by atoms with van der Waals surface area (Å²) < 4.78 is 39.3. The summed E-state index contributed by atoms with van der Waals surface area (Å²) in [7, 11) is -3.89. The van der Waals surface area contributed by atoms with Crippen LogP contribution in [0, 0.1) is 0 Å². The number of carbonyl (C=O) groups is 2. The molecule has 2 unspecified atom stereocenters. The molecule has 1 aromatic carbocycles. The van der Waals surface area contributed by atoms with Crippen LogP contribution in [-0.4, -0.2) is 55.0 Å². The second-order valence-corrected chi connectivity index (χ2v) is 7.38. The first-order chi connectivity index (χ1) is 11.4. The van der Waals surface area contributed by atoms with Gasteiger partial charge in [-0.2, -0.15) is 4.31 Å². The van der Waals surface area contributed by atoms with Crippen molar-refractivity contribution in [3.8, 4) is 0 Å². The quantitative estimate of drug-likeness (QED) is 0.782. The summed E-state index contributed by atoms with van der Waals surface area (Å²) in [5.74, 6) is -2.29. The SMILES string of the molecule is O=C(O)C(CF)NC(=O)C1CCCCN1S(=O)(=O)c1ccccc1. The first-order valence-electron chi connectivity index (χ1n) is 7.54. The molecular weight excluding hydrogens is 339 g/mol. The van der Waals surface area contributed by atoms with Gasteiger partial charge in [0.1, 0.15) is 12.7 Å². The van der Waals surface area contributed by atoms with Crippen molar-refractivity contribution in [3.05, 3.63) is 30.3 Å². The number of hydrogen-bond acceptors (Lipinski definition) is 4. The molecule has 7 nitrogen and oxygen atoms in total. The second kappa shape index (κ2) is 7.71. The van der Waals surface area contributed by atoms with Crippen molar-refractivity contribution in [1.82, 2.24) is 9.62 Å². The largest absolute Gasteiger partial charge is 0.480 e. The van der Waals surface area contributed by atoms with Gasteiger partial charge in [-0.25, -0.2) is 17.6 Å². The summed E-state index contributed by atoms with van der Waals surface area (Å²) in [5.41, 5.74) is 0. The number of nitrogens with zero attached hydrogens (tertiary/aromatic N) is 1. The van der Waals surface area contributed by atoms with E-state index in [1.165, 1.54) is 12.1 Å². The fourth-order valence-electron chi connectivity index (χ4n) is 2.62. The van der Waals surface area contributed by atoms with E-state index >= 15 is 0 Å². The number of alkyl halides is 1. The van der Waals surface area contributed by atoms with E-state index in [4.69, 9.17) is 5.11 Å². The Hall–Kier alpha value is -2.00. The van der Waals surface area contributed by atoms with Gasteiger partial charge in [0.25, 0.3) is 0 Å². The zero-order valence-corrected chi connectivity index (χ0v) is 13.7. The molecule has 1 fully saturated rings. The molecule has 1 heterocycles. The lowest BCUT2D eigenvalue weighted by Gasteiger charge is -2.34. The van der Waals surface area contributed by atoms with Gasteiger partial charge in [-0.15, -0.1) is 0 Å². The van der Waals surface area contributed by atoms with Crippen LogP contribution in [0.15, 0.2) is 35.2 Å². The van der Waals surface area contributed by atoms with Crippen LogP contribution in [0.3, 0.4) is 0 Å². The predicted octanol–water partition coefficient (Wildman–Crippen LogP) is 0.769. The lowest BCUT2D eigenvalue weighted by atomic mass is 10.0. The molecule has 1 aliphatic heterocycles. The first-order valence-corrected chi connectivity index (χ1v) is 8.98. The highest BCUT2D eigenvalue weighted by atomic mass is 32.2. The fourth-order valence-corrected chi connectivity index (χ4v) is 4.29. The number of carboxylic acid groups (broad SMARTS) is 1. The number of halogens is 1. The number of aliphatic carboxylic acids is 1. The molecule has 1 aromatic rings. The van der Waals surface area contributed by atoms with Crippen molar-refractivity contribution in [2.45, 2.75) is 36.2 Å². The maximum absolute atomic E-state index is 12.7. The molecule has 0 radical (unpaired) electrons. The number of rotatable bonds is 6. The summed E-state index contributed by atoms with van der Waals surface area (Å²) in [6.45, 7) is -1.11. The molecule has 24 heavy (non-hydrogen) atoms. The van der Waals surface area contributed by atoms with E-state index in [-0.39, 0.29) is 17.9 Å². The van der Waals surface area contributed by atoms with Gasteiger partial charge in [0, 0.05) is 6.54 Å². The number of carboxylic acids is 1. The molecule has 0 saturated carbocycles. The molecule has 2 rings (SSSR count). The predicted molar refractivity (Wildman–Crippen MR) is 83.5 cm³/mol. The van der Waals surface area contributed by atoms with Crippen molar-refractivity contribution in [2.24, 2.45) is 0 Å². The smallest absolute Gasteiger partial charge is 0.328 e. The second-order valence-electron chi connectivity index (χ2n) is 5.49. The van der Waals surface area contributed by atoms with E-state index in [0.717, 1.165) is 4.31 Å². The normalized spacial score (nSPS) is 20.3. The lowest BCUT2D eigenvalue weighted by molar-refractivity contribution is -0.143. The van der Waals surface area contributed by atoms with Crippen molar-refractivity contribution in [3.63, 3.8) is 0 Å². The molecule has 0 bridgehead atoms. The number of sulfonamides is 1. The Morgan fingerprint density at radius 2 is 1.96 bits per heavy atom. The summed E-state index contributed by atoms with van der Waals surface area (Å²) in [5, 5.41) is 10.9. The molecular formula is C15H19FN2O5S. The zero-order valence-electron chi connectivity index (χ0n) is 12.9. The first kappa shape index (κ1) is 18.3. The molecule has 0 aromatic heterocycles. The van der Waals surface area contributed by atoms with Crippen LogP contribution in [0.2, 0.25) is 0 Å². The van der Waals surface area contributed by atoms with Gasteiger partial charge in [0.05, 0.1) is 4.90 Å². The standard InChI is InChI=1S/C15H19FN2O5S/c16-10-12(15(20)21)17-14(19)13-8-4-5-9-18(13)24(22,23)11-6-2-1-3-7-11/h1-3,6-7,12-13H,4-5,8-10H2,(H,17,19)(H,20,21). The Morgan fingerprint density at radius 1 is 1.29 bits per heavy atom. The van der Waals surface area contributed by atoms with E-state index in [0.29, 0.717) is 12.8 Å². The van der Waals surface area contributed by atoms with Gasteiger partial charge >= 0.3 is 5.97 Å². The molecule has 9 heteroatoms. The van der Waals surface area contributed by atoms with Gasteiger partial charge in [0.15, 0.2) is 6.04 Å². The summed E-state index contributed by atoms with van der Waals surface area (Å²) in [6.07, 6.45) is 1.49. The third-order valence-corrected chi connectivity index (χ3v) is 5.80. The van der Waals surface area contributed by atoms with Gasteiger partial charge < -0.3 is 10.4 Å². The molecule has 1 saturated heterocycles. The van der Waals surface area contributed by atoms with Gasteiger partial charge in [-0.3, -0.25) is 4.79 Å². The van der Waals surface area contributed by atoms with E-state index in [1.54, 1.807) is 18.2 Å². The number of piperidine rings is 1. The fraction of sp³-hybridized carbons (Fsp3) is 0.467. The monoisotopic (exact) mass is 358 g/mol. The van der Waals surface area contributed by atoms with Crippen LogP contribution < -0.4 is 5.32 Å². The minimum absolute atomic E-state index is 0.0602. The van der Waals surface area contributed by atoms with Gasteiger partial charge in [0.2, 0.25) is 15.9 Å². The van der Waals surface area contributed by atoms with Crippen molar-refractivity contribution >= 4 is 21.9 Å². The van der Waals surface area contributed by atoms with Crippen molar-refractivity contribution < 1.29 is 27.5 Å². The van der Waals surface area contributed by atoms with E-state index in [2.05, 4.69) is 5.32 Å². The Labute approximate surface area is 139 Å². The van der Waals surface area contributed by atoms with Crippen LogP contribution >= 0.6 is 0 Å². The highest BCUT2D eigenvalue weighted by Crippen LogP contribution is 2.25. The molecule has 1 aliphatic rings.